The molecule has 0 aromatic carbocycles. The van der Waals surface area contributed by atoms with E-state index in [4.69, 9.17) is 5.11 Å². The van der Waals surface area contributed by atoms with Gasteiger partial charge in [0.15, 0.2) is 5.65 Å². The summed E-state index contributed by atoms with van der Waals surface area (Å²) >= 11 is 1.46. The number of nitrogens with one attached hydrogen (secondary N) is 1. The van der Waals surface area contributed by atoms with Gasteiger partial charge in [0.2, 0.25) is 5.91 Å². The van der Waals surface area contributed by atoms with Crippen LogP contribution in [0.4, 0.5) is 0 Å². The lowest BCUT2D eigenvalue weighted by Gasteiger charge is -2.26. The highest BCUT2D eigenvalue weighted by Crippen LogP contribution is 2.25. The second-order valence-electron chi connectivity index (χ2n) is 7.84. The minimum absolute atomic E-state index is 0.0380. The molecule has 0 atom stereocenters. The van der Waals surface area contributed by atoms with Gasteiger partial charge >= 0.3 is 5.97 Å². The summed E-state index contributed by atoms with van der Waals surface area (Å²) in [5.41, 5.74) is 2.58. The highest BCUT2D eigenvalue weighted by molar-refractivity contribution is 7.16. The molecule has 1 saturated carbocycles. The van der Waals surface area contributed by atoms with Crippen LogP contribution in [0.3, 0.4) is 0 Å². The number of carbonyl (C=O) groups excluding carboxylic acids is 1. The molecule has 0 aliphatic heterocycles. The minimum Gasteiger partial charge on any atom is -0.481 e. The molecule has 10 heteroatoms. The van der Waals surface area contributed by atoms with Gasteiger partial charge in [-0.25, -0.2) is 9.67 Å². The van der Waals surface area contributed by atoms with Crippen LogP contribution in [0.5, 0.6) is 0 Å². The van der Waals surface area contributed by atoms with Gasteiger partial charge in [0.05, 0.1) is 16.1 Å². The fraction of sp³-hybridized carbons (Fsp3) is 0.526. The van der Waals surface area contributed by atoms with Crippen LogP contribution in [0.25, 0.3) is 15.9 Å². The minimum atomic E-state index is -0.776. The van der Waals surface area contributed by atoms with Crippen molar-refractivity contribution < 1.29 is 14.7 Å². The van der Waals surface area contributed by atoms with Crippen molar-refractivity contribution in [2.75, 3.05) is 0 Å². The van der Waals surface area contributed by atoms with E-state index >= 15 is 0 Å². The van der Waals surface area contributed by atoms with Crippen LogP contribution >= 0.6 is 11.3 Å². The molecule has 0 radical (unpaired) electrons. The van der Waals surface area contributed by atoms with Crippen LogP contribution in [0.15, 0.2) is 16.4 Å². The fourth-order valence-electron chi connectivity index (χ4n) is 3.93. The van der Waals surface area contributed by atoms with E-state index in [-0.39, 0.29) is 35.9 Å². The molecule has 0 spiro atoms. The van der Waals surface area contributed by atoms with E-state index in [1.807, 2.05) is 13.8 Å². The van der Waals surface area contributed by atoms with Crippen LogP contribution in [-0.4, -0.2) is 42.2 Å². The summed E-state index contributed by atoms with van der Waals surface area (Å²) in [5, 5.41) is 16.5. The topological polar surface area (TPSA) is 119 Å². The van der Waals surface area contributed by atoms with Crippen molar-refractivity contribution in [2.24, 2.45) is 5.92 Å². The van der Waals surface area contributed by atoms with Crippen LogP contribution in [0.1, 0.15) is 51.3 Å². The first-order valence-electron chi connectivity index (χ1n) is 9.73. The Kier molecular flexibility index (Phi) is 5.12. The molecule has 9 nitrogen and oxygen atoms in total. The summed E-state index contributed by atoms with van der Waals surface area (Å²) in [5.74, 6) is -0.683. The van der Waals surface area contributed by atoms with E-state index < -0.39 is 5.97 Å². The number of amides is 1. The lowest BCUT2D eigenvalue weighted by molar-refractivity contribution is -0.142. The first-order chi connectivity index (χ1) is 13.8. The smallest absolute Gasteiger partial charge is 0.306 e. The molecular formula is C19H23N5O4S. The molecule has 0 bridgehead atoms. The molecule has 0 unspecified atom stereocenters. The van der Waals surface area contributed by atoms with E-state index in [9.17, 15) is 14.4 Å². The molecule has 154 valence electrons. The third-order valence-electron chi connectivity index (χ3n) is 5.45. The molecule has 1 amide bonds. The summed E-state index contributed by atoms with van der Waals surface area (Å²) in [4.78, 5) is 40.9. The van der Waals surface area contributed by atoms with Crippen molar-refractivity contribution in [3.8, 4) is 0 Å². The maximum Gasteiger partial charge on any atom is 0.306 e. The number of carboxylic acids is 1. The molecular weight excluding hydrogens is 394 g/mol. The van der Waals surface area contributed by atoms with Gasteiger partial charge in [-0.3, -0.25) is 18.8 Å². The van der Waals surface area contributed by atoms with Crippen molar-refractivity contribution in [2.45, 2.75) is 58.0 Å². The molecule has 0 saturated heterocycles. The Morgan fingerprint density at radius 3 is 2.69 bits per heavy atom. The molecule has 1 aliphatic rings. The second kappa shape index (κ2) is 7.58. The first kappa shape index (κ1) is 19.6. The molecule has 1 fully saturated rings. The average Bonchev–Trinajstić information content (AvgIpc) is 3.26. The van der Waals surface area contributed by atoms with Crippen molar-refractivity contribution >= 4 is 39.1 Å². The van der Waals surface area contributed by atoms with Crippen LogP contribution in [0.2, 0.25) is 0 Å². The zero-order valence-corrected chi connectivity index (χ0v) is 17.1. The monoisotopic (exact) mass is 417 g/mol. The lowest BCUT2D eigenvalue weighted by Crippen LogP contribution is -2.42. The van der Waals surface area contributed by atoms with E-state index in [1.54, 1.807) is 16.0 Å². The number of fused-ring (bicyclic) bond motifs is 3. The maximum absolute atomic E-state index is 12.9. The Morgan fingerprint density at radius 1 is 1.31 bits per heavy atom. The molecule has 3 heterocycles. The summed E-state index contributed by atoms with van der Waals surface area (Å²) in [6, 6.07) is 1.73. The van der Waals surface area contributed by atoms with Crippen LogP contribution < -0.4 is 10.9 Å². The molecule has 1 aliphatic carbocycles. The Morgan fingerprint density at radius 2 is 2.03 bits per heavy atom. The first-order valence-corrected chi connectivity index (χ1v) is 10.6. The second-order valence-corrected chi connectivity index (χ2v) is 8.72. The Hall–Kier alpha value is -2.75. The highest BCUT2D eigenvalue weighted by atomic mass is 32.1. The van der Waals surface area contributed by atoms with Crippen molar-refractivity contribution in [1.82, 2.24) is 24.5 Å². The zero-order chi connectivity index (χ0) is 20.7. The summed E-state index contributed by atoms with van der Waals surface area (Å²) in [6.07, 6.45) is 2.36. The number of aromatic nitrogens is 4. The Labute approximate surface area is 170 Å². The highest BCUT2D eigenvalue weighted by Gasteiger charge is 2.27. The summed E-state index contributed by atoms with van der Waals surface area (Å²) < 4.78 is 3.90. The van der Waals surface area contributed by atoms with Gasteiger partial charge in [0.25, 0.3) is 5.56 Å². The van der Waals surface area contributed by atoms with Crippen molar-refractivity contribution in [3.63, 3.8) is 0 Å². The van der Waals surface area contributed by atoms with E-state index in [0.717, 1.165) is 4.70 Å². The number of rotatable bonds is 5. The maximum atomic E-state index is 12.9. The van der Waals surface area contributed by atoms with Gasteiger partial charge in [0, 0.05) is 12.0 Å². The Balaban J connectivity index is 1.56. The summed E-state index contributed by atoms with van der Waals surface area (Å²) in [7, 11) is 0. The van der Waals surface area contributed by atoms with E-state index in [2.05, 4.69) is 15.4 Å². The van der Waals surface area contributed by atoms with Crippen molar-refractivity contribution in [3.05, 3.63) is 27.8 Å². The fourth-order valence-corrected chi connectivity index (χ4v) is 4.62. The van der Waals surface area contributed by atoms with E-state index in [1.165, 1.54) is 16.0 Å². The predicted molar refractivity (Wildman–Crippen MR) is 108 cm³/mol. The molecule has 2 N–H and O–H groups in total. The van der Waals surface area contributed by atoms with Gasteiger partial charge in [-0.05, 0) is 31.7 Å². The number of hydrogen-bond donors (Lipinski definition) is 2. The number of hydrogen-bond acceptors (Lipinski definition) is 6. The number of nitrogens with zero attached hydrogens (tertiary/aromatic N) is 4. The molecule has 29 heavy (non-hydrogen) atoms. The van der Waals surface area contributed by atoms with Gasteiger partial charge in [0.1, 0.15) is 17.9 Å². The molecule has 3 aromatic rings. The lowest BCUT2D eigenvalue weighted by atomic mass is 9.86. The molecule has 3 aromatic heterocycles. The summed E-state index contributed by atoms with van der Waals surface area (Å²) in [6.45, 7) is 3.80. The zero-order valence-electron chi connectivity index (χ0n) is 16.3. The Bertz CT molecular complexity index is 1140. The van der Waals surface area contributed by atoms with Gasteiger partial charge < -0.3 is 10.4 Å². The van der Waals surface area contributed by atoms with Crippen LogP contribution in [0, 0.1) is 5.92 Å². The van der Waals surface area contributed by atoms with E-state index in [0.29, 0.717) is 42.7 Å². The third-order valence-corrected chi connectivity index (χ3v) is 6.22. The third kappa shape index (κ3) is 3.64. The predicted octanol–water partition coefficient (Wildman–Crippen LogP) is 1.99. The van der Waals surface area contributed by atoms with Crippen molar-refractivity contribution in [1.29, 1.82) is 0 Å². The molecule has 4 rings (SSSR count). The van der Waals surface area contributed by atoms with Gasteiger partial charge in [-0.15, -0.1) is 11.3 Å². The quantitative estimate of drug-likeness (QED) is 0.655. The SMILES string of the molecule is CC(C)c1nn(CC(=O)NC2CCC(C(=O)O)CC2)c(=O)c2cc3scnc3n12. The van der Waals surface area contributed by atoms with Gasteiger partial charge in [-0.1, -0.05) is 13.8 Å². The normalized spacial score (nSPS) is 19.8. The number of aliphatic carboxylic acids is 1. The average molecular weight is 417 g/mol. The number of carboxylic acid groups (broad SMARTS) is 1. The van der Waals surface area contributed by atoms with Gasteiger partial charge in [-0.2, -0.15) is 5.10 Å². The number of carbonyl (C=O) groups is 2. The number of thiazole rings is 1. The largest absolute Gasteiger partial charge is 0.481 e. The standard InChI is InChI=1S/C19H23N5O4S/c1-10(2)16-22-23(18(26)13-7-14-17(24(13)16)20-9-29-14)8-15(25)21-12-5-3-11(4-6-12)19(27)28/h7,9-12H,3-6,8H2,1-2H3,(H,21,25)(H,27,28). The van der Waals surface area contributed by atoms with Crippen LogP contribution in [-0.2, 0) is 16.1 Å².